The van der Waals surface area contributed by atoms with Gasteiger partial charge >= 0.3 is 6.36 Å². The van der Waals surface area contributed by atoms with E-state index in [2.05, 4.69) is 10.1 Å². The summed E-state index contributed by atoms with van der Waals surface area (Å²) in [6.07, 6.45) is -4.51. The average molecular weight is 277 g/mol. The lowest BCUT2D eigenvalue weighted by atomic mass is 10.1. The van der Waals surface area contributed by atoms with Gasteiger partial charge in [-0.05, 0) is 38.0 Å². The fourth-order valence-electron chi connectivity index (χ4n) is 1.74. The van der Waals surface area contributed by atoms with Crippen LogP contribution in [0.1, 0.15) is 25.8 Å². The minimum atomic E-state index is -4.67. The molecule has 0 aliphatic carbocycles. The summed E-state index contributed by atoms with van der Waals surface area (Å²) in [4.78, 5) is 0. The molecule has 0 saturated carbocycles. The van der Waals surface area contributed by atoms with E-state index >= 15 is 0 Å². The van der Waals surface area contributed by atoms with E-state index in [9.17, 15) is 18.3 Å². The van der Waals surface area contributed by atoms with Crippen molar-refractivity contribution in [2.75, 3.05) is 0 Å². The molecule has 0 fully saturated rings. The molecule has 108 valence electrons. The minimum Gasteiger partial charge on any atom is -0.406 e. The van der Waals surface area contributed by atoms with Crippen LogP contribution < -0.4 is 10.1 Å². The molecule has 6 heteroatoms. The normalized spacial score (nSPS) is 15.1. The van der Waals surface area contributed by atoms with Gasteiger partial charge in [-0.2, -0.15) is 0 Å². The van der Waals surface area contributed by atoms with Gasteiger partial charge in [0.15, 0.2) is 0 Å². The maximum atomic E-state index is 12.1. The second-order valence-corrected chi connectivity index (χ2v) is 4.56. The molecule has 3 nitrogen and oxygen atoms in total. The van der Waals surface area contributed by atoms with Gasteiger partial charge in [0, 0.05) is 12.6 Å². The number of benzene rings is 1. The van der Waals surface area contributed by atoms with Crippen LogP contribution in [0.4, 0.5) is 13.2 Å². The van der Waals surface area contributed by atoms with Gasteiger partial charge in [0.05, 0.1) is 6.10 Å². The van der Waals surface area contributed by atoms with Crippen LogP contribution in [0.25, 0.3) is 0 Å². The number of aliphatic hydroxyl groups excluding tert-OH is 1. The van der Waals surface area contributed by atoms with Crippen molar-refractivity contribution in [3.63, 3.8) is 0 Å². The second kappa shape index (κ2) is 6.77. The first-order chi connectivity index (χ1) is 8.76. The van der Waals surface area contributed by atoms with Crippen LogP contribution in [0.15, 0.2) is 24.3 Å². The Hall–Kier alpha value is -1.27. The van der Waals surface area contributed by atoms with E-state index in [-0.39, 0.29) is 11.8 Å². The number of nitrogens with one attached hydrogen (secondary N) is 1. The highest BCUT2D eigenvalue weighted by Gasteiger charge is 2.31. The molecule has 0 radical (unpaired) electrons. The lowest BCUT2D eigenvalue weighted by molar-refractivity contribution is -0.274. The van der Waals surface area contributed by atoms with Crippen molar-refractivity contribution in [1.82, 2.24) is 5.32 Å². The van der Waals surface area contributed by atoms with Crippen LogP contribution in [0.2, 0.25) is 0 Å². The zero-order valence-electron chi connectivity index (χ0n) is 10.9. The number of hydrogen-bond donors (Lipinski definition) is 2. The summed E-state index contributed by atoms with van der Waals surface area (Å²) in [6, 6.07) is 5.90. The molecule has 0 spiro atoms. The summed E-state index contributed by atoms with van der Waals surface area (Å²) in [7, 11) is 0. The van der Waals surface area contributed by atoms with Gasteiger partial charge < -0.3 is 15.2 Å². The van der Waals surface area contributed by atoms with Crippen molar-refractivity contribution in [1.29, 1.82) is 0 Å². The molecule has 0 amide bonds. The molecule has 2 atom stereocenters. The number of halogens is 3. The van der Waals surface area contributed by atoms with E-state index in [1.807, 2.05) is 6.92 Å². The molecule has 19 heavy (non-hydrogen) atoms. The van der Waals surface area contributed by atoms with Gasteiger partial charge in [-0.1, -0.05) is 12.1 Å². The highest BCUT2D eigenvalue weighted by atomic mass is 19.4. The third-order valence-electron chi connectivity index (χ3n) is 2.48. The molecule has 1 aromatic rings. The zero-order valence-corrected chi connectivity index (χ0v) is 10.9. The van der Waals surface area contributed by atoms with Crippen molar-refractivity contribution < 1.29 is 23.0 Å². The van der Waals surface area contributed by atoms with Crippen LogP contribution in [0, 0.1) is 0 Å². The van der Waals surface area contributed by atoms with E-state index in [1.54, 1.807) is 13.0 Å². The number of alkyl halides is 3. The van der Waals surface area contributed by atoms with Crippen molar-refractivity contribution in [2.24, 2.45) is 0 Å². The number of aliphatic hydroxyl groups is 1. The average Bonchev–Trinajstić information content (AvgIpc) is 2.23. The molecule has 1 rings (SSSR count). The van der Waals surface area contributed by atoms with Crippen molar-refractivity contribution in [2.45, 2.75) is 45.3 Å². The van der Waals surface area contributed by atoms with Crippen LogP contribution in [-0.4, -0.2) is 23.6 Å². The highest BCUT2D eigenvalue weighted by Crippen LogP contribution is 2.23. The van der Waals surface area contributed by atoms with Gasteiger partial charge in [-0.15, -0.1) is 13.2 Å². The molecule has 1 aromatic carbocycles. The van der Waals surface area contributed by atoms with Crippen molar-refractivity contribution in [3.8, 4) is 5.75 Å². The quantitative estimate of drug-likeness (QED) is 0.840. The lowest BCUT2D eigenvalue weighted by Crippen LogP contribution is -2.28. The Morgan fingerprint density at radius 1 is 1.32 bits per heavy atom. The maximum Gasteiger partial charge on any atom is 0.573 e. The summed E-state index contributed by atoms with van der Waals surface area (Å²) in [5.74, 6) is -0.227. The van der Waals surface area contributed by atoms with E-state index in [0.717, 1.165) is 0 Å². The third kappa shape index (κ3) is 7.03. The van der Waals surface area contributed by atoms with Gasteiger partial charge in [0.2, 0.25) is 0 Å². The largest absolute Gasteiger partial charge is 0.573 e. The molecular weight excluding hydrogens is 259 g/mol. The van der Waals surface area contributed by atoms with Gasteiger partial charge in [0.25, 0.3) is 0 Å². The maximum absolute atomic E-state index is 12.1. The Bertz CT molecular complexity index is 394. The predicted molar refractivity (Wildman–Crippen MR) is 65.7 cm³/mol. The summed E-state index contributed by atoms with van der Waals surface area (Å²) in [5, 5.41) is 12.3. The lowest BCUT2D eigenvalue weighted by Gasteiger charge is -2.16. The van der Waals surface area contributed by atoms with Gasteiger partial charge in [-0.3, -0.25) is 0 Å². The first-order valence-corrected chi connectivity index (χ1v) is 6.02. The first kappa shape index (κ1) is 15.8. The fourth-order valence-corrected chi connectivity index (χ4v) is 1.74. The SMILES string of the molecule is CC(O)CC(C)NCc1cccc(OC(F)(F)F)c1. The number of ether oxygens (including phenoxy) is 1. The van der Waals surface area contributed by atoms with Crippen LogP contribution in [0.3, 0.4) is 0 Å². The number of hydrogen-bond acceptors (Lipinski definition) is 3. The van der Waals surface area contributed by atoms with E-state index < -0.39 is 12.5 Å². The van der Waals surface area contributed by atoms with Crippen molar-refractivity contribution in [3.05, 3.63) is 29.8 Å². The summed E-state index contributed by atoms with van der Waals surface area (Å²) >= 11 is 0. The molecule has 0 saturated heterocycles. The van der Waals surface area contributed by atoms with E-state index in [1.165, 1.54) is 18.2 Å². The van der Waals surface area contributed by atoms with Crippen LogP contribution in [-0.2, 0) is 6.54 Å². The van der Waals surface area contributed by atoms with Crippen LogP contribution >= 0.6 is 0 Å². The van der Waals surface area contributed by atoms with Crippen molar-refractivity contribution >= 4 is 0 Å². The molecule has 0 bridgehead atoms. The van der Waals surface area contributed by atoms with Gasteiger partial charge in [-0.25, -0.2) is 0 Å². The van der Waals surface area contributed by atoms with E-state index in [0.29, 0.717) is 18.5 Å². The molecule has 0 heterocycles. The Morgan fingerprint density at radius 3 is 2.58 bits per heavy atom. The highest BCUT2D eigenvalue weighted by molar-refractivity contribution is 5.28. The minimum absolute atomic E-state index is 0.0761. The first-order valence-electron chi connectivity index (χ1n) is 6.02. The fraction of sp³-hybridized carbons (Fsp3) is 0.538. The summed E-state index contributed by atoms with van der Waals surface area (Å²) < 4.78 is 40.0. The Balaban J connectivity index is 2.53. The Labute approximate surface area is 110 Å². The van der Waals surface area contributed by atoms with E-state index in [4.69, 9.17) is 0 Å². The topological polar surface area (TPSA) is 41.5 Å². The Morgan fingerprint density at radius 2 is 2.00 bits per heavy atom. The third-order valence-corrected chi connectivity index (χ3v) is 2.48. The molecule has 2 unspecified atom stereocenters. The molecule has 0 aromatic heterocycles. The molecular formula is C13H18F3NO2. The molecule has 0 aliphatic rings. The zero-order chi connectivity index (χ0) is 14.5. The summed E-state index contributed by atoms with van der Waals surface area (Å²) in [6.45, 7) is 4.02. The van der Waals surface area contributed by atoms with Crippen LogP contribution in [0.5, 0.6) is 5.75 Å². The van der Waals surface area contributed by atoms with Gasteiger partial charge in [0.1, 0.15) is 5.75 Å². The number of rotatable bonds is 6. The second-order valence-electron chi connectivity index (χ2n) is 4.56. The Kier molecular flexibility index (Phi) is 5.62. The monoisotopic (exact) mass is 277 g/mol. The summed E-state index contributed by atoms with van der Waals surface area (Å²) in [5.41, 5.74) is 0.694. The molecule has 0 aliphatic heterocycles. The smallest absolute Gasteiger partial charge is 0.406 e. The predicted octanol–water partition coefficient (Wildman–Crippen LogP) is 2.83. The standard InChI is InChI=1S/C13H18F3NO2/c1-9(6-10(2)18)17-8-11-4-3-5-12(7-11)19-13(14,15)16/h3-5,7,9-10,17-18H,6,8H2,1-2H3. The molecule has 2 N–H and O–H groups in total.